The maximum absolute atomic E-state index is 13.6. The Morgan fingerprint density at radius 3 is 2.95 bits per heavy atom. The first-order valence-electron chi connectivity index (χ1n) is 5.92. The molecule has 99 valence electrons. The van der Waals surface area contributed by atoms with Gasteiger partial charge in [-0.25, -0.2) is 9.87 Å². The molecule has 3 aromatic rings. The Bertz CT molecular complexity index is 795. The van der Waals surface area contributed by atoms with Crippen LogP contribution in [0.25, 0.3) is 16.6 Å². The highest BCUT2D eigenvalue weighted by Crippen LogP contribution is 2.21. The van der Waals surface area contributed by atoms with Crippen molar-refractivity contribution in [2.45, 2.75) is 0 Å². The third-order valence-electron chi connectivity index (χ3n) is 3.11. The molecular weight excluding hydrogens is 259 g/mol. The molecule has 2 aromatic carbocycles. The Hall–Kier alpha value is -2.66. The molecule has 0 aliphatic heterocycles. The second-order valence-corrected chi connectivity index (χ2v) is 4.28. The number of rotatable bonds is 2. The fraction of sp³-hybridized carbons (Fsp3) is 0. The van der Waals surface area contributed by atoms with Gasteiger partial charge in [0.05, 0.1) is 11.1 Å². The first kappa shape index (κ1) is 12.4. The molecule has 0 aliphatic rings. The largest absolute Gasteiger partial charge is 0.317 e. The van der Waals surface area contributed by atoms with E-state index in [4.69, 9.17) is 5.21 Å². The molecule has 1 aromatic heterocycles. The van der Waals surface area contributed by atoms with E-state index in [0.717, 1.165) is 10.9 Å². The van der Waals surface area contributed by atoms with Gasteiger partial charge in [-0.05, 0) is 42.5 Å². The average Bonchev–Trinajstić information content (AvgIpc) is 2.91. The predicted molar refractivity (Wildman–Crippen MR) is 71.3 cm³/mol. The minimum Gasteiger partial charge on any atom is -0.317 e. The number of hydrogen-bond donors (Lipinski definition) is 2. The first-order chi connectivity index (χ1) is 9.70. The normalized spacial score (nSPS) is 10.7. The number of fused-ring (bicyclic) bond motifs is 1. The first-order valence-corrected chi connectivity index (χ1v) is 5.92. The quantitative estimate of drug-likeness (QED) is 0.555. The number of nitrogens with one attached hydrogen (secondary N) is 1. The Labute approximate surface area is 114 Å². The van der Waals surface area contributed by atoms with Crippen molar-refractivity contribution in [3.63, 3.8) is 0 Å². The summed E-state index contributed by atoms with van der Waals surface area (Å²) < 4.78 is 15.4. The summed E-state index contributed by atoms with van der Waals surface area (Å²) in [5.74, 6) is -1.57. The molecule has 0 saturated heterocycles. The van der Waals surface area contributed by atoms with Crippen molar-refractivity contribution >= 4 is 16.8 Å². The zero-order valence-corrected chi connectivity index (χ0v) is 10.3. The van der Waals surface area contributed by atoms with Crippen LogP contribution in [0.4, 0.5) is 4.39 Å². The molecular formula is C15H10FN2O2. The molecule has 0 spiro atoms. The number of hydrogen-bond acceptors (Lipinski definition) is 2. The maximum Gasteiger partial charge on any atom is 0.277 e. The summed E-state index contributed by atoms with van der Waals surface area (Å²) in [4.78, 5) is 11.4. The van der Waals surface area contributed by atoms with Crippen LogP contribution in [-0.4, -0.2) is 15.7 Å². The van der Waals surface area contributed by atoms with Crippen LogP contribution >= 0.6 is 0 Å². The number of halogens is 1. The smallest absolute Gasteiger partial charge is 0.277 e. The molecule has 2 N–H and O–H groups in total. The predicted octanol–water partition coefficient (Wildman–Crippen LogP) is 2.69. The van der Waals surface area contributed by atoms with Crippen molar-refractivity contribution in [1.29, 1.82) is 0 Å². The van der Waals surface area contributed by atoms with Crippen molar-refractivity contribution in [1.82, 2.24) is 10.0 Å². The molecule has 3 rings (SSSR count). The van der Waals surface area contributed by atoms with Crippen LogP contribution in [0.1, 0.15) is 10.4 Å². The van der Waals surface area contributed by atoms with Gasteiger partial charge in [0.1, 0.15) is 5.82 Å². The van der Waals surface area contributed by atoms with Crippen molar-refractivity contribution in [3.8, 4) is 5.69 Å². The van der Waals surface area contributed by atoms with Crippen LogP contribution in [0.2, 0.25) is 0 Å². The lowest BCUT2D eigenvalue weighted by Crippen LogP contribution is -2.20. The van der Waals surface area contributed by atoms with Gasteiger partial charge in [0, 0.05) is 17.3 Å². The van der Waals surface area contributed by atoms with Gasteiger partial charge in [0.25, 0.3) is 5.91 Å². The standard InChI is InChI=1S/C15H10FN2O2/c16-13-6-5-11(9-12(13)15(19)17-20)18-8-7-10-3-1-2-4-14(10)18/h2-9,20H,(H,17,19). The van der Waals surface area contributed by atoms with E-state index in [9.17, 15) is 9.18 Å². The monoisotopic (exact) mass is 269 g/mol. The summed E-state index contributed by atoms with van der Waals surface area (Å²) in [5, 5.41) is 9.62. The lowest BCUT2D eigenvalue weighted by Gasteiger charge is -2.08. The SMILES string of the molecule is O=C(NO)c1cc(-n2ccc3c[c]ccc32)ccc1F. The number of aromatic nitrogens is 1. The molecule has 0 bridgehead atoms. The number of carbonyl (C=O) groups is 1. The third kappa shape index (κ3) is 1.94. The molecule has 1 heterocycles. The fourth-order valence-electron chi connectivity index (χ4n) is 2.15. The molecule has 0 aliphatic carbocycles. The number of carbonyl (C=O) groups excluding carboxylic acids is 1. The van der Waals surface area contributed by atoms with E-state index < -0.39 is 11.7 Å². The minimum absolute atomic E-state index is 0.214. The molecule has 20 heavy (non-hydrogen) atoms. The molecule has 0 atom stereocenters. The van der Waals surface area contributed by atoms with Gasteiger partial charge in [-0.3, -0.25) is 10.0 Å². The van der Waals surface area contributed by atoms with Crippen molar-refractivity contribution in [2.75, 3.05) is 0 Å². The lowest BCUT2D eigenvalue weighted by molar-refractivity contribution is 0.0702. The Kier molecular flexibility index (Phi) is 2.96. The second-order valence-electron chi connectivity index (χ2n) is 4.28. The van der Waals surface area contributed by atoms with Gasteiger partial charge in [-0.1, -0.05) is 6.07 Å². The van der Waals surface area contributed by atoms with Crippen molar-refractivity contribution < 1.29 is 14.4 Å². The molecule has 4 nitrogen and oxygen atoms in total. The highest BCUT2D eigenvalue weighted by atomic mass is 19.1. The third-order valence-corrected chi connectivity index (χ3v) is 3.11. The van der Waals surface area contributed by atoms with E-state index in [1.807, 2.05) is 29.0 Å². The van der Waals surface area contributed by atoms with Crippen LogP contribution in [0.5, 0.6) is 0 Å². The number of nitrogens with zero attached hydrogens (tertiary/aromatic N) is 1. The van der Waals surface area contributed by atoms with Crippen LogP contribution in [0.3, 0.4) is 0 Å². The van der Waals surface area contributed by atoms with Crippen LogP contribution in [-0.2, 0) is 0 Å². The van der Waals surface area contributed by atoms with Gasteiger partial charge >= 0.3 is 0 Å². The number of benzene rings is 2. The Morgan fingerprint density at radius 2 is 2.15 bits per heavy atom. The van der Waals surface area contributed by atoms with Crippen molar-refractivity contribution in [2.24, 2.45) is 0 Å². The van der Waals surface area contributed by atoms with Crippen LogP contribution in [0, 0.1) is 11.9 Å². The molecule has 0 fully saturated rings. The second kappa shape index (κ2) is 4.79. The Morgan fingerprint density at radius 1 is 1.30 bits per heavy atom. The highest BCUT2D eigenvalue weighted by molar-refractivity contribution is 5.94. The number of hydroxylamine groups is 1. The summed E-state index contributed by atoms with van der Waals surface area (Å²) in [7, 11) is 0. The van der Waals surface area contributed by atoms with E-state index in [0.29, 0.717) is 5.69 Å². The van der Waals surface area contributed by atoms with Gasteiger partial charge in [-0.15, -0.1) is 0 Å². The molecule has 1 radical (unpaired) electrons. The minimum atomic E-state index is -0.880. The zero-order valence-electron chi connectivity index (χ0n) is 10.3. The lowest BCUT2D eigenvalue weighted by atomic mass is 10.1. The van der Waals surface area contributed by atoms with Gasteiger partial charge < -0.3 is 4.57 Å². The van der Waals surface area contributed by atoms with E-state index in [2.05, 4.69) is 6.07 Å². The van der Waals surface area contributed by atoms with Gasteiger partial charge in [0.15, 0.2) is 0 Å². The zero-order chi connectivity index (χ0) is 14.1. The molecule has 5 heteroatoms. The maximum atomic E-state index is 13.6. The Balaban J connectivity index is 2.17. The molecule has 0 saturated carbocycles. The fourth-order valence-corrected chi connectivity index (χ4v) is 2.15. The number of amides is 1. The summed E-state index contributed by atoms with van der Waals surface area (Å²) in [6.07, 6.45) is 1.83. The van der Waals surface area contributed by atoms with E-state index in [-0.39, 0.29) is 5.56 Å². The van der Waals surface area contributed by atoms with Crippen molar-refractivity contribution in [3.05, 3.63) is 66.1 Å². The summed E-state index contributed by atoms with van der Waals surface area (Å²) in [6, 6.07) is 14.5. The van der Waals surface area contributed by atoms with E-state index in [1.165, 1.54) is 17.6 Å². The summed E-state index contributed by atoms with van der Waals surface area (Å²) in [6.45, 7) is 0. The van der Waals surface area contributed by atoms with Crippen LogP contribution < -0.4 is 5.48 Å². The highest BCUT2D eigenvalue weighted by Gasteiger charge is 2.13. The van der Waals surface area contributed by atoms with Gasteiger partial charge in [0.2, 0.25) is 0 Å². The molecule has 0 unspecified atom stereocenters. The topological polar surface area (TPSA) is 54.3 Å². The van der Waals surface area contributed by atoms with Gasteiger partial charge in [-0.2, -0.15) is 0 Å². The van der Waals surface area contributed by atoms with Crippen LogP contribution in [0.15, 0.2) is 48.7 Å². The molecule has 1 amide bonds. The van der Waals surface area contributed by atoms with E-state index >= 15 is 0 Å². The summed E-state index contributed by atoms with van der Waals surface area (Å²) >= 11 is 0. The summed E-state index contributed by atoms with van der Waals surface area (Å²) in [5.41, 5.74) is 2.78. The van der Waals surface area contributed by atoms with E-state index in [1.54, 1.807) is 12.1 Å². The average molecular weight is 269 g/mol.